The van der Waals surface area contributed by atoms with Crippen LogP contribution in [0.5, 0.6) is 0 Å². The predicted molar refractivity (Wildman–Crippen MR) is 54.9 cm³/mol. The largest absolute Gasteiger partial charge is 0.264 e. The second-order valence-corrected chi connectivity index (χ2v) is 3.31. The molecule has 0 spiro atoms. The fourth-order valence-corrected chi connectivity index (χ4v) is 1.62. The van der Waals surface area contributed by atoms with Gasteiger partial charge in [0.05, 0.1) is 0 Å². The molecule has 0 fully saturated rings. The Labute approximate surface area is 78.8 Å². The molecule has 0 amide bonds. The molecule has 1 heterocycles. The van der Waals surface area contributed by atoms with Crippen LogP contribution in [0.15, 0.2) is 36.7 Å². The van der Waals surface area contributed by atoms with Gasteiger partial charge in [-0.15, -0.1) is 0 Å². The smallest absolute Gasteiger partial charge is 0.0346 e. The quantitative estimate of drug-likeness (QED) is 0.676. The van der Waals surface area contributed by atoms with Gasteiger partial charge in [-0.3, -0.25) is 4.98 Å². The predicted octanol–water partition coefficient (Wildman–Crippen LogP) is 3.14. The molecule has 0 aromatic rings. The third kappa shape index (κ3) is 1.69. The van der Waals surface area contributed by atoms with E-state index in [1.807, 2.05) is 18.5 Å². The Morgan fingerprint density at radius 3 is 2.92 bits per heavy atom. The topological polar surface area (TPSA) is 12.9 Å². The molecule has 2 rings (SSSR count). The van der Waals surface area contributed by atoms with Crippen molar-refractivity contribution in [3.05, 3.63) is 42.2 Å². The molecule has 0 radical (unpaired) electrons. The van der Waals surface area contributed by atoms with Gasteiger partial charge in [-0.1, -0.05) is 25.5 Å². The van der Waals surface area contributed by atoms with Crippen molar-refractivity contribution >= 4 is 0 Å². The minimum Gasteiger partial charge on any atom is -0.264 e. The monoisotopic (exact) mass is 171 g/mol. The van der Waals surface area contributed by atoms with E-state index in [0.717, 1.165) is 0 Å². The second kappa shape index (κ2) is 3.56. The summed E-state index contributed by atoms with van der Waals surface area (Å²) < 4.78 is 0. The molecule has 1 heteroatoms. The van der Waals surface area contributed by atoms with Crippen molar-refractivity contribution in [2.45, 2.75) is 19.8 Å². The van der Waals surface area contributed by atoms with Crippen LogP contribution in [0.4, 0.5) is 0 Å². The van der Waals surface area contributed by atoms with Crippen molar-refractivity contribution in [1.82, 2.24) is 4.98 Å². The zero-order valence-corrected chi connectivity index (χ0v) is 7.83. The molecule has 1 aliphatic carbocycles. The number of fused-ring (bicyclic) bond motifs is 1. The summed E-state index contributed by atoms with van der Waals surface area (Å²) in [7, 11) is 0. The molecule has 66 valence electrons. The molecular formula is C12H13N. The molecule has 13 heavy (non-hydrogen) atoms. The summed E-state index contributed by atoms with van der Waals surface area (Å²) in [5.41, 5.74) is 3.96. The van der Waals surface area contributed by atoms with Gasteiger partial charge in [0.2, 0.25) is 0 Å². The van der Waals surface area contributed by atoms with Crippen LogP contribution in [0, 0.1) is 0 Å². The Morgan fingerprint density at radius 1 is 1.23 bits per heavy atom. The first kappa shape index (κ1) is 8.24. The molecule has 0 aromatic heterocycles. The van der Waals surface area contributed by atoms with E-state index >= 15 is 0 Å². The fraction of sp³-hybridized carbons (Fsp3) is 0.250. The number of aryl methyl sites for hydroxylation is 1. The minimum atomic E-state index is 1.17. The lowest BCUT2D eigenvalue weighted by Crippen LogP contribution is -1.74. The molecular weight excluding hydrogens is 158 g/mol. The Morgan fingerprint density at radius 2 is 2.08 bits per heavy atom. The van der Waals surface area contributed by atoms with Crippen molar-refractivity contribution in [1.29, 1.82) is 0 Å². The zero-order valence-electron chi connectivity index (χ0n) is 7.83. The first-order valence-corrected chi connectivity index (χ1v) is 4.73. The Bertz CT molecular complexity index is 337. The lowest BCUT2D eigenvalue weighted by molar-refractivity contribution is 0.926. The van der Waals surface area contributed by atoms with E-state index in [2.05, 4.69) is 30.1 Å². The molecule has 0 unspecified atom stereocenters. The van der Waals surface area contributed by atoms with Crippen molar-refractivity contribution in [3.63, 3.8) is 0 Å². The average Bonchev–Trinajstić information content (AvgIpc) is 2.37. The molecule has 1 nitrogen and oxygen atoms in total. The minimum absolute atomic E-state index is 1.17. The van der Waals surface area contributed by atoms with E-state index in [-0.39, 0.29) is 0 Å². The van der Waals surface area contributed by atoms with Gasteiger partial charge in [-0.2, -0.15) is 0 Å². The van der Waals surface area contributed by atoms with Gasteiger partial charge < -0.3 is 0 Å². The van der Waals surface area contributed by atoms with Crippen LogP contribution in [0.2, 0.25) is 0 Å². The SMILES string of the molecule is CCCc1cc2cccncc-2c1. The average molecular weight is 171 g/mol. The Balaban J connectivity index is 2.45. The molecule has 1 aliphatic heterocycles. The van der Waals surface area contributed by atoms with Gasteiger partial charge in [0.15, 0.2) is 0 Å². The third-order valence-corrected chi connectivity index (χ3v) is 2.22. The maximum Gasteiger partial charge on any atom is 0.0346 e. The number of nitrogens with zero attached hydrogens (tertiary/aromatic N) is 1. The van der Waals surface area contributed by atoms with Gasteiger partial charge in [0.1, 0.15) is 0 Å². The van der Waals surface area contributed by atoms with E-state index in [0.29, 0.717) is 0 Å². The number of hydrogen-bond acceptors (Lipinski definition) is 1. The zero-order chi connectivity index (χ0) is 9.10. The number of aromatic nitrogens is 1. The normalized spacial score (nSPS) is 10.5. The molecule has 0 N–H and O–H groups in total. The first-order valence-electron chi connectivity index (χ1n) is 4.73. The van der Waals surface area contributed by atoms with E-state index in [4.69, 9.17) is 0 Å². The molecule has 0 saturated heterocycles. The third-order valence-electron chi connectivity index (χ3n) is 2.22. The highest BCUT2D eigenvalue weighted by Crippen LogP contribution is 2.24. The molecule has 0 saturated carbocycles. The van der Waals surface area contributed by atoms with Crippen molar-refractivity contribution in [3.8, 4) is 11.1 Å². The second-order valence-electron chi connectivity index (χ2n) is 3.31. The Hall–Kier alpha value is -1.37. The van der Waals surface area contributed by atoms with E-state index in [9.17, 15) is 0 Å². The molecule has 0 aromatic carbocycles. The van der Waals surface area contributed by atoms with E-state index < -0.39 is 0 Å². The van der Waals surface area contributed by atoms with Gasteiger partial charge in [0.25, 0.3) is 0 Å². The first-order chi connectivity index (χ1) is 6.40. The van der Waals surface area contributed by atoms with Gasteiger partial charge in [0, 0.05) is 18.0 Å². The molecule has 0 atom stereocenters. The van der Waals surface area contributed by atoms with Crippen LogP contribution < -0.4 is 0 Å². The van der Waals surface area contributed by atoms with E-state index in [1.165, 1.54) is 29.5 Å². The van der Waals surface area contributed by atoms with Gasteiger partial charge >= 0.3 is 0 Å². The summed E-state index contributed by atoms with van der Waals surface area (Å²) in [4.78, 5) is 4.15. The molecule has 0 bridgehead atoms. The number of rotatable bonds is 2. The van der Waals surface area contributed by atoms with Gasteiger partial charge in [-0.25, -0.2) is 0 Å². The van der Waals surface area contributed by atoms with E-state index in [1.54, 1.807) is 0 Å². The summed E-state index contributed by atoms with van der Waals surface area (Å²) >= 11 is 0. The van der Waals surface area contributed by atoms with Gasteiger partial charge in [-0.05, 0) is 29.7 Å². The van der Waals surface area contributed by atoms with Crippen LogP contribution in [0.25, 0.3) is 11.1 Å². The summed E-state index contributed by atoms with van der Waals surface area (Å²) in [5.74, 6) is 0. The summed E-state index contributed by atoms with van der Waals surface area (Å²) in [6, 6.07) is 8.58. The fourth-order valence-electron chi connectivity index (χ4n) is 1.62. The molecule has 2 aliphatic rings. The lowest BCUT2D eigenvalue weighted by Gasteiger charge is -1.87. The lowest BCUT2D eigenvalue weighted by atomic mass is 10.2. The van der Waals surface area contributed by atoms with Crippen molar-refractivity contribution < 1.29 is 0 Å². The number of hydrogen-bond donors (Lipinski definition) is 0. The van der Waals surface area contributed by atoms with Crippen LogP contribution in [0.3, 0.4) is 0 Å². The van der Waals surface area contributed by atoms with Crippen molar-refractivity contribution in [2.75, 3.05) is 0 Å². The highest BCUT2D eigenvalue weighted by atomic mass is 14.6. The standard InChI is InChI=1S/C12H13N/c1-2-4-10-7-11-5-3-6-13-9-12(11)8-10/h3,5-9H,2,4H2,1H3. The summed E-state index contributed by atoms with van der Waals surface area (Å²) in [6.45, 7) is 2.20. The van der Waals surface area contributed by atoms with Crippen molar-refractivity contribution in [2.24, 2.45) is 0 Å². The highest BCUT2D eigenvalue weighted by molar-refractivity contribution is 5.67. The van der Waals surface area contributed by atoms with Crippen LogP contribution >= 0.6 is 0 Å². The summed E-state index contributed by atoms with van der Waals surface area (Å²) in [6.07, 6.45) is 6.11. The highest BCUT2D eigenvalue weighted by Gasteiger charge is 2.03. The maximum absolute atomic E-state index is 4.15. The maximum atomic E-state index is 4.15. The van der Waals surface area contributed by atoms with Crippen LogP contribution in [0.1, 0.15) is 18.9 Å². The Kier molecular flexibility index (Phi) is 2.26. The van der Waals surface area contributed by atoms with Crippen LogP contribution in [-0.2, 0) is 6.42 Å². The summed E-state index contributed by atoms with van der Waals surface area (Å²) in [5, 5.41) is 0. The van der Waals surface area contributed by atoms with Crippen LogP contribution in [-0.4, -0.2) is 4.98 Å².